The molecule has 11 nitrogen and oxygen atoms in total. The third kappa shape index (κ3) is 30.0. The maximum absolute atomic E-state index is 12.6. The molecular weight excluding hydrogens is 757 g/mol. The van der Waals surface area contributed by atoms with Crippen molar-refractivity contribution >= 4 is 19.6 Å². The number of carbonyl (C=O) groups excluding carboxylic acids is 2. The first kappa shape index (κ1) is 53.9. The third-order valence-electron chi connectivity index (χ3n) is 10.3. The molecule has 1 fully saturated rings. The predicted molar refractivity (Wildman–Crippen MR) is 232 cm³/mol. The lowest BCUT2D eigenvalue weighted by Gasteiger charge is -2.28. The number of rotatable bonds is 37. The van der Waals surface area contributed by atoms with Crippen molar-refractivity contribution in [2.45, 2.75) is 173 Å². The lowest BCUT2D eigenvalue weighted by Crippen LogP contribution is -2.37. The highest BCUT2D eigenvalue weighted by Gasteiger charge is 2.39. The zero-order valence-electron chi connectivity index (χ0n) is 36.9. The van der Waals surface area contributed by atoms with E-state index in [1.54, 1.807) is 12.2 Å². The van der Waals surface area contributed by atoms with E-state index in [0.29, 0.717) is 36.7 Å². The van der Waals surface area contributed by atoms with Crippen LogP contribution in [0.3, 0.4) is 0 Å². The van der Waals surface area contributed by atoms with E-state index in [1.807, 2.05) is 39.4 Å². The van der Waals surface area contributed by atoms with Crippen LogP contribution in [0.15, 0.2) is 48.8 Å². The van der Waals surface area contributed by atoms with Gasteiger partial charge in [0.25, 0.3) is 7.82 Å². The Kier molecular flexibility index (Phi) is 31.2. The minimum Gasteiger partial charge on any atom is -0.756 e. The summed E-state index contributed by atoms with van der Waals surface area (Å²) in [4.78, 5) is 37.5. The average molecular weight is 840 g/mol. The molecule has 1 aliphatic rings. The molecule has 336 valence electrons. The number of hydrogen-bond acceptors (Lipinski definition) is 10. The van der Waals surface area contributed by atoms with Gasteiger partial charge in [0.1, 0.15) is 25.5 Å². The SMILES string of the molecule is CCCCCCCC/C=C\CCCCCC/C=C/O[C@H](COC(=O)CCC/C=C\C[C@H]1[C@@H](O)CC(=O)[C@@H]1/C=C/[C@@H](O)CCCCC)COP(=O)([O-])OCC[N+](C)(C)C. The maximum atomic E-state index is 12.6. The Morgan fingerprint density at radius 3 is 2.07 bits per heavy atom. The molecule has 12 heteroatoms. The van der Waals surface area contributed by atoms with Crippen molar-refractivity contribution in [2.75, 3.05) is 47.5 Å². The fourth-order valence-corrected chi connectivity index (χ4v) is 7.35. The van der Waals surface area contributed by atoms with E-state index in [1.165, 1.54) is 64.0 Å². The molecule has 2 N–H and O–H groups in total. The minimum absolute atomic E-state index is 0.0117. The average Bonchev–Trinajstić information content (AvgIpc) is 3.44. The Hall–Kier alpha value is -2.11. The molecule has 0 bridgehead atoms. The van der Waals surface area contributed by atoms with Gasteiger partial charge < -0.3 is 38.1 Å². The van der Waals surface area contributed by atoms with Crippen LogP contribution in [0.4, 0.5) is 0 Å². The number of allylic oxidation sites excluding steroid dienone is 6. The molecule has 0 aromatic carbocycles. The number of phosphoric acid groups is 1. The predicted octanol–water partition coefficient (Wildman–Crippen LogP) is 9.46. The summed E-state index contributed by atoms with van der Waals surface area (Å²) < 4.78 is 34.3. The Morgan fingerprint density at radius 2 is 1.41 bits per heavy atom. The van der Waals surface area contributed by atoms with Gasteiger partial charge in [-0.05, 0) is 70.3 Å². The van der Waals surface area contributed by atoms with E-state index in [-0.39, 0.29) is 44.4 Å². The number of likely N-dealkylation sites (N-methyl/N-ethyl adjacent to an activating group) is 1. The molecule has 0 aromatic heterocycles. The van der Waals surface area contributed by atoms with E-state index >= 15 is 0 Å². The highest BCUT2D eigenvalue weighted by Crippen LogP contribution is 2.38. The van der Waals surface area contributed by atoms with E-state index in [9.17, 15) is 29.3 Å². The first-order valence-electron chi connectivity index (χ1n) is 22.5. The topological polar surface area (TPSA) is 152 Å². The molecule has 6 atom stereocenters. The van der Waals surface area contributed by atoms with Gasteiger partial charge in [-0.25, -0.2) is 0 Å². The van der Waals surface area contributed by atoms with Crippen LogP contribution in [0.5, 0.6) is 0 Å². The number of phosphoric ester groups is 1. The minimum atomic E-state index is -4.59. The molecule has 0 aromatic rings. The quantitative estimate of drug-likeness (QED) is 0.0155. The van der Waals surface area contributed by atoms with Gasteiger partial charge in [-0.3, -0.25) is 14.2 Å². The largest absolute Gasteiger partial charge is 0.756 e. The number of ketones is 1. The Labute approximate surface area is 352 Å². The number of Topliss-reactive ketones (excluding diaryl/α,β-unsaturated/α-hetero) is 1. The highest BCUT2D eigenvalue weighted by atomic mass is 31.2. The number of quaternary nitrogens is 1. The van der Waals surface area contributed by atoms with Crippen molar-refractivity contribution in [3.8, 4) is 0 Å². The van der Waals surface area contributed by atoms with Crippen molar-refractivity contribution in [1.29, 1.82) is 0 Å². The summed E-state index contributed by atoms with van der Waals surface area (Å²) in [5.74, 6) is -1.11. The van der Waals surface area contributed by atoms with Gasteiger partial charge in [0, 0.05) is 24.7 Å². The first-order chi connectivity index (χ1) is 27.8. The fraction of sp³-hybridized carbons (Fsp3) is 0.783. The van der Waals surface area contributed by atoms with Crippen LogP contribution >= 0.6 is 7.82 Å². The van der Waals surface area contributed by atoms with Crippen LogP contribution in [0.2, 0.25) is 0 Å². The first-order valence-corrected chi connectivity index (χ1v) is 24.0. The summed E-state index contributed by atoms with van der Waals surface area (Å²) in [6, 6.07) is 0. The Balaban J connectivity index is 2.48. The molecule has 0 amide bonds. The van der Waals surface area contributed by atoms with Crippen LogP contribution in [0.25, 0.3) is 0 Å². The number of nitrogens with zero attached hydrogens (tertiary/aromatic N) is 1. The molecule has 0 saturated heterocycles. The van der Waals surface area contributed by atoms with Crippen LogP contribution in [0, 0.1) is 11.8 Å². The summed E-state index contributed by atoms with van der Waals surface area (Å²) in [6.45, 7) is 4.27. The van der Waals surface area contributed by atoms with Gasteiger partial charge in [0.2, 0.25) is 0 Å². The molecule has 58 heavy (non-hydrogen) atoms. The normalized spacial score (nSPS) is 19.9. The maximum Gasteiger partial charge on any atom is 0.305 e. The zero-order valence-corrected chi connectivity index (χ0v) is 37.8. The lowest BCUT2D eigenvalue weighted by atomic mass is 9.90. The van der Waals surface area contributed by atoms with Gasteiger partial charge >= 0.3 is 5.97 Å². The molecule has 1 saturated carbocycles. The van der Waals surface area contributed by atoms with Crippen LogP contribution in [-0.4, -0.2) is 92.3 Å². The number of ether oxygens (including phenoxy) is 2. The van der Waals surface area contributed by atoms with Crippen LogP contribution < -0.4 is 4.89 Å². The Bertz CT molecular complexity index is 1230. The van der Waals surface area contributed by atoms with Gasteiger partial charge in [-0.15, -0.1) is 0 Å². The molecule has 1 unspecified atom stereocenters. The van der Waals surface area contributed by atoms with E-state index in [2.05, 4.69) is 26.0 Å². The third-order valence-corrected chi connectivity index (χ3v) is 11.3. The summed E-state index contributed by atoms with van der Waals surface area (Å²) in [5.41, 5.74) is 0. The van der Waals surface area contributed by atoms with E-state index in [4.69, 9.17) is 18.5 Å². The second kappa shape index (κ2) is 33.6. The molecule has 0 spiro atoms. The number of esters is 1. The van der Waals surface area contributed by atoms with Crippen molar-refractivity contribution < 1.29 is 52.3 Å². The van der Waals surface area contributed by atoms with Crippen LogP contribution in [0.1, 0.15) is 155 Å². The monoisotopic (exact) mass is 840 g/mol. The van der Waals surface area contributed by atoms with Crippen LogP contribution in [-0.2, 0) is 32.7 Å². The zero-order chi connectivity index (χ0) is 42.9. The molecule has 0 heterocycles. The van der Waals surface area contributed by atoms with Crippen molar-refractivity contribution in [3.05, 3.63) is 48.8 Å². The number of aliphatic hydroxyl groups is 2. The van der Waals surface area contributed by atoms with E-state index < -0.39 is 38.0 Å². The number of unbranched alkanes of at least 4 members (excludes halogenated alkanes) is 14. The van der Waals surface area contributed by atoms with Gasteiger partial charge in [-0.1, -0.05) is 115 Å². The molecule has 1 aliphatic carbocycles. The Morgan fingerprint density at radius 1 is 0.828 bits per heavy atom. The van der Waals surface area contributed by atoms with Gasteiger partial charge in [0.15, 0.2) is 6.10 Å². The molecule has 0 aliphatic heterocycles. The molecule has 1 rings (SSSR count). The van der Waals surface area contributed by atoms with Crippen molar-refractivity contribution in [1.82, 2.24) is 0 Å². The summed E-state index contributed by atoms with van der Waals surface area (Å²) in [5, 5.41) is 20.7. The van der Waals surface area contributed by atoms with Crippen molar-refractivity contribution in [3.63, 3.8) is 0 Å². The number of hydrogen-bond donors (Lipinski definition) is 2. The van der Waals surface area contributed by atoms with Gasteiger partial charge in [-0.2, -0.15) is 0 Å². The summed E-state index contributed by atoms with van der Waals surface area (Å²) in [7, 11) is 1.21. The summed E-state index contributed by atoms with van der Waals surface area (Å²) >= 11 is 0. The smallest absolute Gasteiger partial charge is 0.305 e. The summed E-state index contributed by atoms with van der Waals surface area (Å²) in [6.07, 6.45) is 34.4. The fourth-order valence-electron chi connectivity index (χ4n) is 6.62. The van der Waals surface area contributed by atoms with Crippen molar-refractivity contribution in [2.24, 2.45) is 11.8 Å². The molecule has 0 radical (unpaired) electrons. The van der Waals surface area contributed by atoms with E-state index in [0.717, 1.165) is 44.9 Å². The number of aliphatic hydroxyl groups excluding tert-OH is 2. The number of carbonyl (C=O) groups is 2. The molecular formula is C46H82NO10P. The standard InChI is InChI=1S/C46H82NO10P/c1-6-8-10-11-12-13-14-15-16-17-18-19-20-21-24-28-35-54-41(39-57-58(52,53)56-36-34-47(3,4)5)38-55-46(51)31-27-23-22-26-30-42-43(45(50)37-44(42)49)33-32-40(48)29-25-9-7-2/h15-16,22,26,28,32-33,35,40-44,48-49H,6-14,17-21,23-25,27,29-31,34,36-39H2,1-5H3/b16-15-,26-22-,33-32+,35-28+/t40-,41+,42+,43+,44-/m0/s1. The second-order valence-electron chi connectivity index (χ2n) is 16.9. The highest BCUT2D eigenvalue weighted by molar-refractivity contribution is 7.45. The van der Waals surface area contributed by atoms with Gasteiger partial charge in [0.05, 0.1) is 46.2 Å². The second-order valence-corrected chi connectivity index (χ2v) is 18.3. The lowest BCUT2D eigenvalue weighted by molar-refractivity contribution is -0.870.